The van der Waals surface area contributed by atoms with Crippen molar-refractivity contribution >= 4 is 34.7 Å². The van der Waals surface area contributed by atoms with Crippen LogP contribution in [0, 0.1) is 10.1 Å². The summed E-state index contributed by atoms with van der Waals surface area (Å²) in [7, 11) is 0. The molecule has 138 valence electrons. The van der Waals surface area contributed by atoms with Crippen LogP contribution in [0.2, 0.25) is 0 Å². The number of benzene rings is 1. The molecule has 0 unspecified atom stereocenters. The highest BCUT2D eigenvalue weighted by molar-refractivity contribution is 7.13. The molecule has 0 aliphatic heterocycles. The van der Waals surface area contributed by atoms with Gasteiger partial charge in [0, 0.05) is 23.8 Å². The Balaban J connectivity index is 1.85. The number of carbonyl (C=O) groups excluding carboxylic acids is 2. The van der Waals surface area contributed by atoms with Crippen molar-refractivity contribution in [3.63, 3.8) is 0 Å². The minimum Gasteiger partial charge on any atom is -0.462 e. The number of nitrogens with one attached hydrogen (secondary N) is 2. The van der Waals surface area contributed by atoms with Gasteiger partial charge in [0.15, 0.2) is 5.82 Å². The third-order valence-electron chi connectivity index (χ3n) is 3.51. The van der Waals surface area contributed by atoms with E-state index in [0.717, 1.165) is 22.7 Å². The van der Waals surface area contributed by atoms with Crippen molar-refractivity contribution in [3.05, 3.63) is 63.0 Å². The SMILES string of the molecule is CCOC(=O)c1cc(C(=O)Nc2cc(-c3cccs3)[nH]n2)cc([N+](=O)[O-])c1. The molecule has 0 radical (unpaired) electrons. The first-order valence-electron chi connectivity index (χ1n) is 7.85. The predicted octanol–water partition coefficient (Wildman–Crippen LogP) is 3.48. The number of non-ortho nitro benzene ring substituents is 1. The van der Waals surface area contributed by atoms with Crippen LogP contribution in [-0.4, -0.2) is 33.6 Å². The second-order valence-corrected chi connectivity index (χ2v) is 6.29. The van der Waals surface area contributed by atoms with Crippen molar-refractivity contribution in [2.75, 3.05) is 11.9 Å². The molecule has 0 fully saturated rings. The number of nitro groups is 1. The third kappa shape index (κ3) is 4.18. The normalized spacial score (nSPS) is 10.4. The maximum Gasteiger partial charge on any atom is 0.338 e. The summed E-state index contributed by atoms with van der Waals surface area (Å²) in [6.07, 6.45) is 0. The number of esters is 1. The summed E-state index contributed by atoms with van der Waals surface area (Å²) in [6.45, 7) is 1.73. The molecule has 0 atom stereocenters. The van der Waals surface area contributed by atoms with Crippen molar-refractivity contribution < 1.29 is 19.2 Å². The zero-order valence-electron chi connectivity index (χ0n) is 14.1. The highest BCUT2D eigenvalue weighted by Gasteiger charge is 2.19. The molecule has 3 rings (SSSR count). The Morgan fingerprint density at radius 1 is 1.30 bits per heavy atom. The van der Waals surface area contributed by atoms with Crippen molar-refractivity contribution in [1.29, 1.82) is 0 Å². The summed E-state index contributed by atoms with van der Waals surface area (Å²) in [5, 5.41) is 22.4. The molecule has 2 aromatic heterocycles. The highest BCUT2D eigenvalue weighted by atomic mass is 32.1. The van der Waals surface area contributed by atoms with Crippen LogP contribution in [0.4, 0.5) is 11.5 Å². The predicted molar refractivity (Wildman–Crippen MR) is 98.9 cm³/mol. The number of rotatable bonds is 6. The molecule has 0 bridgehead atoms. The molecule has 2 heterocycles. The average molecular weight is 386 g/mol. The van der Waals surface area contributed by atoms with Crippen LogP contribution in [0.5, 0.6) is 0 Å². The molecule has 0 aliphatic carbocycles. The van der Waals surface area contributed by atoms with Crippen LogP contribution in [0.15, 0.2) is 41.8 Å². The number of nitro benzene ring substituents is 1. The molecule has 9 nitrogen and oxygen atoms in total. The van der Waals surface area contributed by atoms with Gasteiger partial charge in [-0.25, -0.2) is 4.79 Å². The van der Waals surface area contributed by atoms with Gasteiger partial charge in [0.25, 0.3) is 11.6 Å². The Morgan fingerprint density at radius 3 is 2.74 bits per heavy atom. The van der Waals surface area contributed by atoms with Gasteiger partial charge in [-0.3, -0.25) is 20.0 Å². The van der Waals surface area contributed by atoms with Crippen LogP contribution in [0.25, 0.3) is 10.6 Å². The van der Waals surface area contributed by atoms with Crippen LogP contribution in [-0.2, 0) is 4.74 Å². The quantitative estimate of drug-likeness (QED) is 0.379. The van der Waals surface area contributed by atoms with Crippen molar-refractivity contribution in [2.45, 2.75) is 6.92 Å². The fourth-order valence-electron chi connectivity index (χ4n) is 2.31. The lowest BCUT2D eigenvalue weighted by molar-refractivity contribution is -0.384. The van der Waals surface area contributed by atoms with E-state index in [4.69, 9.17) is 4.74 Å². The number of amides is 1. The topological polar surface area (TPSA) is 127 Å². The lowest BCUT2D eigenvalue weighted by atomic mass is 10.1. The molecule has 0 spiro atoms. The van der Waals surface area contributed by atoms with Gasteiger partial charge in [-0.2, -0.15) is 5.10 Å². The van der Waals surface area contributed by atoms with Crippen LogP contribution >= 0.6 is 11.3 Å². The number of anilines is 1. The van der Waals surface area contributed by atoms with Crippen LogP contribution in [0.3, 0.4) is 0 Å². The Morgan fingerprint density at radius 2 is 2.07 bits per heavy atom. The first-order chi connectivity index (χ1) is 13.0. The summed E-state index contributed by atoms with van der Waals surface area (Å²) in [5.74, 6) is -1.11. The minimum absolute atomic E-state index is 0.0482. The zero-order chi connectivity index (χ0) is 19.4. The number of carbonyl (C=O) groups is 2. The molecular formula is C17H14N4O5S. The Bertz CT molecular complexity index is 997. The van der Waals surface area contributed by atoms with Gasteiger partial charge in [-0.05, 0) is 24.4 Å². The molecule has 27 heavy (non-hydrogen) atoms. The van der Waals surface area contributed by atoms with Crippen LogP contribution < -0.4 is 5.32 Å². The third-order valence-corrected chi connectivity index (χ3v) is 4.41. The zero-order valence-corrected chi connectivity index (χ0v) is 14.9. The minimum atomic E-state index is -0.741. The van der Waals surface area contributed by atoms with Gasteiger partial charge < -0.3 is 10.1 Å². The second-order valence-electron chi connectivity index (χ2n) is 5.34. The van der Waals surface area contributed by atoms with Gasteiger partial charge in [0.05, 0.1) is 27.7 Å². The summed E-state index contributed by atoms with van der Waals surface area (Å²) in [4.78, 5) is 35.8. The molecule has 0 aliphatic rings. The number of hydrogen-bond donors (Lipinski definition) is 2. The number of thiophene rings is 1. The number of H-pyrrole nitrogens is 1. The fourth-order valence-corrected chi connectivity index (χ4v) is 3.00. The number of hydrogen-bond acceptors (Lipinski definition) is 7. The van der Waals surface area contributed by atoms with E-state index < -0.39 is 16.8 Å². The Labute approximate surface area is 157 Å². The maximum absolute atomic E-state index is 12.5. The lowest BCUT2D eigenvalue weighted by Gasteiger charge is -2.06. The average Bonchev–Trinajstić information content (AvgIpc) is 3.33. The first-order valence-corrected chi connectivity index (χ1v) is 8.73. The van der Waals surface area contributed by atoms with E-state index in [1.165, 1.54) is 17.4 Å². The van der Waals surface area contributed by atoms with E-state index in [-0.39, 0.29) is 29.2 Å². The van der Waals surface area contributed by atoms with E-state index in [1.54, 1.807) is 13.0 Å². The van der Waals surface area contributed by atoms with Crippen molar-refractivity contribution in [1.82, 2.24) is 10.2 Å². The molecule has 2 N–H and O–H groups in total. The molecule has 10 heteroatoms. The Hall–Kier alpha value is -3.53. The van der Waals surface area contributed by atoms with E-state index in [2.05, 4.69) is 15.5 Å². The fraction of sp³-hybridized carbons (Fsp3) is 0.118. The van der Waals surface area contributed by atoms with Gasteiger partial charge in [0.2, 0.25) is 0 Å². The van der Waals surface area contributed by atoms with Crippen molar-refractivity contribution in [3.8, 4) is 10.6 Å². The summed E-state index contributed by atoms with van der Waals surface area (Å²) in [5.41, 5.74) is 0.226. The maximum atomic E-state index is 12.5. The van der Waals surface area contributed by atoms with E-state index in [1.807, 2.05) is 17.5 Å². The first kappa shape index (κ1) is 18.3. The standard InChI is InChI=1S/C17H14N4O5S/c1-2-26-17(23)11-6-10(7-12(8-11)21(24)25)16(22)18-15-9-13(19-20-15)14-4-3-5-27-14/h3-9H,2H2,1H3,(H2,18,19,20,22). The smallest absolute Gasteiger partial charge is 0.338 e. The molecule has 3 aromatic rings. The molecular weight excluding hydrogens is 372 g/mol. The van der Waals surface area contributed by atoms with Crippen LogP contribution in [0.1, 0.15) is 27.6 Å². The monoisotopic (exact) mass is 386 g/mol. The van der Waals surface area contributed by atoms with Gasteiger partial charge in [-0.15, -0.1) is 11.3 Å². The van der Waals surface area contributed by atoms with Gasteiger partial charge in [-0.1, -0.05) is 6.07 Å². The molecule has 0 saturated heterocycles. The number of nitrogens with zero attached hydrogens (tertiary/aromatic N) is 2. The molecule has 1 amide bonds. The van der Waals surface area contributed by atoms with Gasteiger partial charge >= 0.3 is 5.97 Å². The van der Waals surface area contributed by atoms with Gasteiger partial charge in [0.1, 0.15) is 0 Å². The largest absolute Gasteiger partial charge is 0.462 e. The summed E-state index contributed by atoms with van der Waals surface area (Å²) < 4.78 is 4.85. The highest BCUT2D eigenvalue weighted by Crippen LogP contribution is 2.25. The number of aromatic nitrogens is 2. The molecule has 1 aromatic carbocycles. The second kappa shape index (κ2) is 7.79. The number of ether oxygens (including phenoxy) is 1. The molecule has 0 saturated carbocycles. The Kier molecular flexibility index (Phi) is 5.27. The van der Waals surface area contributed by atoms with E-state index in [0.29, 0.717) is 0 Å². The lowest BCUT2D eigenvalue weighted by Crippen LogP contribution is -2.14. The van der Waals surface area contributed by atoms with E-state index in [9.17, 15) is 19.7 Å². The number of aromatic amines is 1. The summed E-state index contributed by atoms with van der Waals surface area (Å²) >= 11 is 1.51. The van der Waals surface area contributed by atoms with Crippen molar-refractivity contribution in [2.24, 2.45) is 0 Å². The van der Waals surface area contributed by atoms with E-state index >= 15 is 0 Å². The summed E-state index contributed by atoms with van der Waals surface area (Å²) in [6, 6.07) is 8.83.